The van der Waals surface area contributed by atoms with Crippen LogP contribution in [0.25, 0.3) is 0 Å². The van der Waals surface area contributed by atoms with Gasteiger partial charge in [0.15, 0.2) is 0 Å². The molecule has 0 spiro atoms. The minimum Gasteiger partial charge on any atom is -0.383 e. The van der Waals surface area contributed by atoms with Crippen molar-refractivity contribution in [3.05, 3.63) is 0 Å². The van der Waals surface area contributed by atoms with Gasteiger partial charge in [0.2, 0.25) is 10.0 Å². The molecule has 5 nitrogen and oxygen atoms in total. The minimum absolute atomic E-state index is 0.0331. The molecule has 0 heterocycles. The molecule has 0 fully saturated rings. The second kappa shape index (κ2) is 8.02. The van der Waals surface area contributed by atoms with Gasteiger partial charge in [-0.05, 0) is 13.8 Å². The van der Waals surface area contributed by atoms with Crippen LogP contribution in [0.5, 0.6) is 0 Å². The third-order valence-corrected chi connectivity index (χ3v) is 4.40. The van der Waals surface area contributed by atoms with Crippen molar-refractivity contribution in [2.24, 2.45) is 0 Å². The summed E-state index contributed by atoms with van der Waals surface area (Å²) in [4.78, 5) is 0. The topological polar surface area (TPSA) is 58.6 Å². The number of methoxy groups -OCH3 is 1. The van der Waals surface area contributed by atoms with E-state index in [9.17, 15) is 8.42 Å². The average molecular weight is 266 g/mol. The molecule has 0 amide bonds. The predicted octanol–water partition coefficient (Wildman–Crippen LogP) is 0.671. The summed E-state index contributed by atoms with van der Waals surface area (Å²) in [5, 5.41) is 3.11. The van der Waals surface area contributed by atoms with Gasteiger partial charge in [-0.3, -0.25) is 0 Å². The van der Waals surface area contributed by atoms with E-state index in [4.69, 9.17) is 4.74 Å². The van der Waals surface area contributed by atoms with E-state index >= 15 is 0 Å². The Bertz CT molecular complexity index is 289. The van der Waals surface area contributed by atoms with Gasteiger partial charge >= 0.3 is 0 Å². The minimum atomic E-state index is -3.20. The van der Waals surface area contributed by atoms with Gasteiger partial charge in [0.05, 0.1) is 12.4 Å². The van der Waals surface area contributed by atoms with Crippen molar-refractivity contribution in [1.82, 2.24) is 9.62 Å². The standard InChI is InChI=1S/C11H26N2O3S/c1-10(2)12-6-9-17(14,15)13(11(3)4)7-8-16-5/h10-12H,6-9H2,1-5H3. The zero-order valence-corrected chi connectivity index (χ0v) is 12.4. The predicted molar refractivity (Wildman–Crippen MR) is 70.6 cm³/mol. The number of hydrogen-bond acceptors (Lipinski definition) is 4. The first kappa shape index (κ1) is 16.8. The van der Waals surface area contributed by atoms with Crippen LogP contribution in [0.3, 0.4) is 0 Å². The van der Waals surface area contributed by atoms with Crippen LogP contribution in [0.15, 0.2) is 0 Å². The lowest BCUT2D eigenvalue weighted by atomic mass is 10.4. The summed E-state index contributed by atoms with van der Waals surface area (Å²) in [5.74, 6) is 0.132. The van der Waals surface area contributed by atoms with Crippen LogP contribution in [-0.4, -0.2) is 57.4 Å². The molecule has 0 aliphatic heterocycles. The maximum absolute atomic E-state index is 12.1. The second-order valence-corrected chi connectivity index (χ2v) is 6.66. The fraction of sp³-hybridized carbons (Fsp3) is 1.00. The molecule has 1 N–H and O–H groups in total. The zero-order valence-electron chi connectivity index (χ0n) is 11.6. The SMILES string of the molecule is COCCN(C(C)C)S(=O)(=O)CCNC(C)C. The molecular formula is C11H26N2O3S. The van der Waals surface area contributed by atoms with Crippen molar-refractivity contribution in [2.45, 2.75) is 39.8 Å². The largest absolute Gasteiger partial charge is 0.383 e. The van der Waals surface area contributed by atoms with Crippen molar-refractivity contribution < 1.29 is 13.2 Å². The van der Waals surface area contributed by atoms with Gasteiger partial charge < -0.3 is 10.1 Å². The van der Waals surface area contributed by atoms with E-state index in [1.165, 1.54) is 4.31 Å². The molecule has 0 saturated heterocycles. The Hall–Kier alpha value is -0.170. The molecule has 6 heteroatoms. The summed E-state index contributed by atoms with van der Waals surface area (Å²) in [6.07, 6.45) is 0. The van der Waals surface area contributed by atoms with E-state index in [0.29, 0.717) is 25.7 Å². The van der Waals surface area contributed by atoms with Crippen LogP contribution in [-0.2, 0) is 14.8 Å². The Morgan fingerprint density at radius 1 is 1.24 bits per heavy atom. The van der Waals surface area contributed by atoms with Crippen LogP contribution in [0.2, 0.25) is 0 Å². The zero-order chi connectivity index (χ0) is 13.5. The summed E-state index contributed by atoms with van der Waals surface area (Å²) >= 11 is 0. The molecular weight excluding hydrogens is 240 g/mol. The highest BCUT2D eigenvalue weighted by molar-refractivity contribution is 7.89. The molecule has 0 aromatic rings. The first-order chi connectivity index (χ1) is 7.81. The first-order valence-corrected chi connectivity index (χ1v) is 7.64. The molecule has 0 rings (SSSR count). The molecule has 0 aromatic heterocycles. The van der Waals surface area contributed by atoms with Crippen molar-refractivity contribution in [1.29, 1.82) is 0 Å². The molecule has 0 atom stereocenters. The van der Waals surface area contributed by atoms with Gasteiger partial charge in [-0.25, -0.2) is 8.42 Å². The summed E-state index contributed by atoms with van der Waals surface area (Å²) in [7, 11) is -1.62. The molecule has 0 unspecified atom stereocenters. The van der Waals surface area contributed by atoms with Crippen molar-refractivity contribution in [3.8, 4) is 0 Å². The lowest BCUT2D eigenvalue weighted by Crippen LogP contribution is -2.43. The van der Waals surface area contributed by atoms with Crippen molar-refractivity contribution in [2.75, 3.05) is 32.6 Å². The number of ether oxygens (including phenoxy) is 1. The lowest BCUT2D eigenvalue weighted by Gasteiger charge is -2.25. The highest BCUT2D eigenvalue weighted by atomic mass is 32.2. The fourth-order valence-corrected chi connectivity index (χ4v) is 3.10. The first-order valence-electron chi connectivity index (χ1n) is 6.03. The van der Waals surface area contributed by atoms with E-state index in [1.807, 2.05) is 27.7 Å². The van der Waals surface area contributed by atoms with Crippen molar-refractivity contribution >= 4 is 10.0 Å². The molecule has 0 radical (unpaired) electrons. The Kier molecular flexibility index (Phi) is 7.94. The Morgan fingerprint density at radius 3 is 2.24 bits per heavy atom. The Morgan fingerprint density at radius 2 is 1.82 bits per heavy atom. The van der Waals surface area contributed by atoms with Crippen LogP contribution >= 0.6 is 0 Å². The van der Waals surface area contributed by atoms with Gasteiger partial charge in [-0.15, -0.1) is 0 Å². The third-order valence-electron chi connectivity index (χ3n) is 2.36. The number of hydrogen-bond donors (Lipinski definition) is 1. The van der Waals surface area contributed by atoms with Crippen LogP contribution < -0.4 is 5.32 Å². The van der Waals surface area contributed by atoms with Crippen molar-refractivity contribution in [3.63, 3.8) is 0 Å². The number of nitrogens with one attached hydrogen (secondary N) is 1. The van der Waals surface area contributed by atoms with E-state index in [2.05, 4.69) is 5.32 Å². The maximum Gasteiger partial charge on any atom is 0.215 e. The van der Waals surface area contributed by atoms with Crippen LogP contribution in [0.1, 0.15) is 27.7 Å². The summed E-state index contributed by atoms with van der Waals surface area (Å²) in [6.45, 7) is 9.07. The summed E-state index contributed by atoms with van der Waals surface area (Å²) in [6, 6.07) is 0.269. The number of sulfonamides is 1. The molecule has 0 aromatic carbocycles. The summed E-state index contributed by atoms with van der Waals surface area (Å²) in [5.41, 5.74) is 0. The number of rotatable bonds is 9. The highest BCUT2D eigenvalue weighted by Gasteiger charge is 2.23. The second-order valence-electron chi connectivity index (χ2n) is 4.62. The van der Waals surface area contributed by atoms with E-state index in [1.54, 1.807) is 7.11 Å². The third kappa shape index (κ3) is 6.98. The molecule has 17 heavy (non-hydrogen) atoms. The van der Waals surface area contributed by atoms with Gasteiger partial charge in [-0.2, -0.15) is 4.31 Å². The quantitative estimate of drug-likeness (QED) is 0.666. The molecule has 0 bridgehead atoms. The molecule has 104 valence electrons. The highest BCUT2D eigenvalue weighted by Crippen LogP contribution is 2.07. The lowest BCUT2D eigenvalue weighted by molar-refractivity contribution is 0.171. The Labute approximate surface area is 106 Å². The Balaban J connectivity index is 4.39. The normalized spacial score (nSPS) is 12.9. The monoisotopic (exact) mass is 266 g/mol. The van der Waals surface area contributed by atoms with E-state index in [-0.39, 0.29) is 11.8 Å². The smallest absolute Gasteiger partial charge is 0.215 e. The fourth-order valence-electron chi connectivity index (χ4n) is 1.49. The van der Waals surface area contributed by atoms with Gasteiger partial charge in [0, 0.05) is 32.3 Å². The number of nitrogens with zero attached hydrogens (tertiary/aromatic N) is 1. The van der Waals surface area contributed by atoms with Gasteiger partial charge in [0.1, 0.15) is 0 Å². The average Bonchev–Trinajstić information content (AvgIpc) is 2.16. The maximum atomic E-state index is 12.1. The molecule has 0 saturated carbocycles. The van der Waals surface area contributed by atoms with Gasteiger partial charge in [-0.1, -0.05) is 13.8 Å². The van der Waals surface area contributed by atoms with E-state index in [0.717, 1.165) is 0 Å². The molecule has 0 aliphatic carbocycles. The summed E-state index contributed by atoms with van der Waals surface area (Å²) < 4.78 is 30.6. The van der Waals surface area contributed by atoms with Crippen LogP contribution in [0, 0.1) is 0 Å². The van der Waals surface area contributed by atoms with Gasteiger partial charge in [0.25, 0.3) is 0 Å². The van der Waals surface area contributed by atoms with Crippen LogP contribution in [0.4, 0.5) is 0 Å². The molecule has 0 aliphatic rings. The van der Waals surface area contributed by atoms with E-state index < -0.39 is 10.0 Å².